The number of aryl methyl sites for hydroxylation is 1. The van der Waals surface area contributed by atoms with Crippen LogP contribution in [0.5, 0.6) is 0 Å². The molecule has 3 heteroatoms. The molecule has 3 rings (SSSR count). The molecule has 0 radical (unpaired) electrons. The van der Waals surface area contributed by atoms with Gasteiger partial charge >= 0.3 is 0 Å². The maximum atomic E-state index is 8.92. The Balaban J connectivity index is 1.70. The summed E-state index contributed by atoms with van der Waals surface area (Å²) in [5.41, 5.74) is 11.2. The summed E-state index contributed by atoms with van der Waals surface area (Å²) < 4.78 is 0. The lowest BCUT2D eigenvalue weighted by molar-refractivity contribution is 0.530. The quantitative estimate of drug-likeness (QED) is 0.837. The summed E-state index contributed by atoms with van der Waals surface area (Å²) in [6.07, 6.45) is 2.19. The molecule has 0 saturated heterocycles. The van der Waals surface area contributed by atoms with E-state index in [0.29, 0.717) is 11.6 Å². The summed E-state index contributed by atoms with van der Waals surface area (Å²) in [6, 6.07) is 16.5. The number of nitrogen functional groups attached to an aromatic ring is 1. The van der Waals surface area contributed by atoms with E-state index >= 15 is 0 Å². The van der Waals surface area contributed by atoms with E-state index in [0.717, 1.165) is 30.6 Å². The van der Waals surface area contributed by atoms with Crippen LogP contribution < -0.4 is 11.1 Å². The minimum atomic E-state index is 0.386. The van der Waals surface area contributed by atoms with E-state index in [9.17, 15) is 0 Å². The molecule has 2 aromatic carbocycles. The van der Waals surface area contributed by atoms with Gasteiger partial charge in [-0.25, -0.2) is 0 Å². The molecule has 3 N–H and O–H groups in total. The molecule has 100 valence electrons. The molecule has 0 amide bonds. The molecule has 0 aliphatic heterocycles. The highest BCUT2D eigenvalue weighted by Crippen LogP contribution is 2.32. The van der Waals surface area contributed by atoms with E-state index < -0.39 is 0 Å². The van der Waals surface area contributed by atoms with Crippen LogP contribution in [0.2, 0.25) is 0 Å². The zero-order valence-corrected chi connectivity index (χ0v) is 11.3. The van der Waals surface area contributed by atoms with Gasteiger partial charge in [-0.2, -0.15) is 5.26 Å². The van der Waals surface area contributed by atoms with Crippen LogP contribution in [0.25, 0.3) is 0 Å². The van der Waals surface area contributed by atoms with Crippen molar-refractivity contribution in [1.82, 2.24) is 5.32 Å². The van der Waals surface area contributed by atoms with Crippen LogP contribution in [-0.4, -0.2) is 0 Å². The molecule has 3 nitrogen and oxygen atoms in total. The van der Waals surface area contributed by atoms with Crippen LogP contribution in [-0.2, 0) is 13.0 Å². The molecule has 1 aliphatic carbocycles. The highest BCUT2D eigenvalue weighted by Gasteiger charge is 2.21. The zero-order chi connectivity index (χ0) is 13.9. The zero-order valence-electron chi connectivity index (χ0n) is 11.3. The molecule has 2 aromatic rings. The predicted molar refractivity (Wildman–Crippen MR) is 79.9 cm³/mol. The third-order valence-corrected chi connectivity index (χ3v) is 3.85. The number of rotatable bonds is 3. The van der Waals surface area contributed by atoms with E-state index in [1.807, 2.05) is 30.3 Å². The first-order chi connectivity index (χ1) is 9.76. The Morgan fingerprint density at radius 3 is 3.00 bits per heavy atom. The first-order valence-corrected chi connectivity index (χ1v) is 6.87. The summed E-state index contributed by atoms with van der Waals surface area (Å²) in [5.74, 6) is 0. The van der Waals surface area contributed by atoms with Crippen molar-refractivity contribution in [3.05, 3.63) is 64.7 Å². The molecule has 1 atom stereocenters. The number of fused-ring (bicyclic) bond motifs is 1. The summed E-state index contributed by atoms with van der Waals surface area (Å²) in [6.45, 7) is 0.782. The third-order valence-electron chi connectivity index (χ3n) is 3.85. The van der Waals surface area contributed by atoms with Crippen LogP contribution >= 0.6 is 0 Å². The Hall–Kier alpha value is -2.31. The van der Waals surface area contributed by atoms with E-state index in [4.69, 9.17) is 11.0 Å². The van der Waals surface area contributed by atoms with E-state index in [1.165, 1.54) is 11.1 Å². The largest absolute Gasteiger partial charge is 0.399 e. The highest BCUT2D eigenvalue weighted by atomic mass is 14.9. The van der Waals surface area contributed by atoms with Crippen molar-refractivity contribution in [2.24, 2.45) is 0 Å². The third kappa shape index (κ3) is 2.52. The normalized spacial score (nSPS) is 16.6. The lowest BCUT2D eigenvalue weighted by Gasteiger charge is -2.14. The second-order valence-corrected chi connectivity index (χ2v) is 5.24. The van der Waals surface area contributed by atoms with Gasteiger partial charge in [0.25, 0.3) is 0 Å². The van der Waals surface area contributed by atoms with Crippen LogP contribution in [0.3, 0.4) is 0 Å². The lowest BCUT2D eigenvalue weighted by atomic mass is 10.1. The molecule has 1 unspecified atom stereocenters. The standard InChI is InChI=1S/C17H17N3/c18-10-12-2-1-3-13(8-12)11-20-17-7-4-14-9-15(19)5-6-16(14)17/h1-3,5-6,8-9,17,20H,4,7,11,19H2. The van der Waals surface area contributed by atoms with Gasteiger partial charge in [0.2, 0.25) is 0 Å². The molecule has 0 bridgehead atoms. The first kappa shape index (κ1) is 12.7. The van der Waals surface area contributed by atoms with Crippen molar-refractivity contribution in [2.45, 2.75) is 25.4 Å². The molecular weight excluding hydrogens is 246 g/mol. The van der Waals surface area contributed by atoms with E-state index in [-0.39, 0.29) is 0 Å². The fraction of sp³-hybridized carbons (Fsp3) is 0.235. The van der Waals surface area contributed by atoms with E-state index in [2.05, 4.69) is 23.5 Å². The van der Waals surface area contributed by atoms with Crippen LogP contribution in [0, 0.1) is 11.3 Å². The smallest absolute Gasteiger partial charge is 0.0991 e. The van der Waals surface area contributed by atoms with E-state index in [1.54, 1.807) is 0 Å². The topological polar surface area (TPSA) is 61.8 Å². The number of hydrogen-bond acceptors (Lipinski definition) is 3. The second kappa shape index (κ2) is 5.36. The fourth-order valence-electron chi connectivity index (χ4n) is 2.84. The maximum absolute atomic E-state index is 8.92. The van der Waals surface area contributed by atoms with Gasteiger partial charge in [-0.05, 0) is 53.8 Å². The van der Waals surface area contributed by atoms with Crippen molar-refractivity contribution >= 4 is 5.69 Å². The van der Waals surface area contributed by atoms with Gasteiger partial charge in [-0.3, -0.25) is 0 Å². The minimum Gasteiger partial charge on any atom is -0.399 e. The Bertz CT molecular complexity index is 670. The summed E-state index contributed by atoms with van der Waals surface area (Å²) >= 11 is 0. The number of benzene rings is 2. The van der Waals surface area contributed by atoms with Gasteiger partial charge in [0.05, 0.1) is 11.6 Å². The number of hydrogen-bond donors (Lipinski definition) is 2. The molecule has 0 spiro atoms. The van der Waals surface area contributed by atoms with Gasteiger partial charge in [-0.1, -0.05) is 18.2 Å². The maximum Gasteiger partial charge on any atom is 0.0991 e. The van der Waals surface area contributed by atoms with Crippen LogP contribution in [0.15, 0.2) is 42.5 Å². The number of nitrogens with two attached hydrogens (primary N) is 1. The average Bonchev–Trinajstić information content (AvgIpc) is 2.87. The van der Waals surface area contributed by atoms with Crippen LogP contribution in [0.4, 0.5) is 5.69 Å². The molecule has 0 saturated carbocycles. The molecule has 1 aliphatic rings. The predicted octanol–water partition coefficient (Wildman–Crippen LogP) is 2.92. The fourth-order valence-corrected chi connectivity index (χ4v) is 2.84. The van der Waals surface area contributed by atoms with Gasteiger partial charge in [0.15, 0.2) is 0 Å². The van der Waals surface area contributed by atoms with Crippen molar-refractivity contribution < 1.29 is 0 Å². The SMILES string of the molecule is N#Cc1cccc(CNC2CCc3cc(N)ccc32)c1. The summed E-state index contributed by atoms with van der Waals surface area (Å²) in [7, 11) is 0. The number of nitrogens with one attached hydrogen (secondary N) is 1. The van der Waals surface area contributed by atoms with Gasteiger partial charge in [0, 0.05) is 18.3 Å². The van der Waals surface area contributed by atoms with Gasteiger partial charge in [-0.15, -0.1) is 0 Å². The summed E-state index contributed by atoms with van der Waals surface area (Å²) in [5, 5.41) is 12.5. The number of nitrogens with zero attached hydrogens (tertiary/aromatic N) is 1. The molecule has 0 fully saturated rings. The van der Waals surface area contributed by atoms with Crippen molar-refractivity contribution in [3.8, 4) is 6.07 Å². The number of anilines is 1. The Morgan fingerprint density at radius 2 is 2.15 bits per heavy atom. The molecule has 0 heterocycles. The molecule has 0 aromatic heterocycles. The van der Waals surface area contributed by atoms with Crippen molar-refractivity contribution in [3.63, 3.8) is 0 Å². The highest BCUT2D eigenvalue weighted by molar-refractivity contribution is 5.47. The Labute approximate surface area is 119 Å². The number of nitriles is 1. The lowest BCUT2D eigenvalue weighted by Crippen LogP contribution is -2.18. The Morgan fingerprint density at radius 1 is 1.25 bits per heavy atom. The molecular formula is C17H17N3. The summed E-state index contributed by atoms with van der Waals surface area (Å²) in [4.78, 5) is 0. The van der Waals surface area contributed by atoms with Crippen LogP contribution in [0.1, 0.15) is 34.7 Å². The van der Waals surface area contributed by atoms with Crippen molar-refractivity contribution in [2.75, 3.05) is 5.73 Å². The minimum absolute atomic E-state index is 0.386. The monoisotopic (exact) mass is 263 g/mol. The Kier molecular flexibility index (Phi) is 3.41. The molecule has 20 heavy (non-hydrogen) atoms. The first-order valence-electron chi connectivity index (χ1n) is 6.87. The van der Waals surface area contributed by atoms with Crippen molar-refractivity contribution in [1.29, 1.82) is 5.26 Å². The second-order valence-electron chi connectivity index (χ2n) is 5.24. The average molecular weight is 263 g/mol. The van der Waals surface area contributed by atoms with Gasteiger partial charge < -0.3 is 11.1 Å². The van der Waals surface area contributed by atoms with Gasteiger partial charge in [0.1, 0.15) is 0 Å².